The van der Waals surface area contributed by atoms with E-state index in [0.717, 1.165) is 0 Å². The molecule has 1 aromatic rings. The Kier molecular flexibility index (Phi) is 6.86. The number of thiol groups is 1. The Morgan fingerprint density at radius 1 is 1.41 bits per heavy atom. The third-order valence-electron chi connectivity index (χ3n) is 1.61. The van der Waals surface area contributed by atoms with Crippen LogP contribution in [0.3, 0.4) is 0 Å². The van der Waals surface area contributed by atoms with Crippen LogP contribution in [0.1, 0.15) is 5.56 Å². The van der Waals surface area contributed by atoms with Crippen molar-refractivity contribution in [2.75, 3.05) is 7.11 Å². The first-order chi connectivity index (χ1) is 7.58. The van der Waals surface area contributed by atoms with Gasteiger partial charge in [0, 0.05) is 7.11 Å². The lowest BCUT2D eigenvalue weighted by atomic mass is 10.2. The quantitative estimate of drug-likeness (QED) is 0.440. The lowest BCUT2D eigenvalue weighted by molar-refractivity contribution is 0.405. The van der Waals surface area contributed by atoms with Crippen molar-refractivity contribution in [2.45, 2.75) is 11.8 Å². The molecule has 0 aromatic heterocycles. The van der Waals surface area contributed by atoms with Gasteiger partial charge in [0.05, 0.1) is 4.90 Å². The fourth-order valence-electron chi connectivity index (χ4n) is 0.846. The van der Waals surface area contributed by atoms with Crippen molar-refractivity contribution in [3.63, 3.8) is 0 Å². The minimum atomic E-state index is -4.03. The Morgan fingerprint density at radius 3 is 2.06 bits per heavy atom. The van der Waals surface area contributed by atoms with E-state index in [1.807, 2.05) is 0 Å². The van der Waals surface area contributed by atoms with E-state index in [4.69, 9.17) is 9.45 Å². The minimum Gasteiger partial charge on any atom is -0.338 e. The average Bonchev–Trinajstić information content (AvgIpc) is 2.16. The summed E-state index contributed by atoms with van der Waals surface area (Å²) in [5, 5.41) is 0. The molecule has 1 aromatic carbocycles. The molecule has 1 atom stereocenters. The predicted molar refractivity (Wildman–Crippen MR) is 73.5 cm³/mol. The van der Waals surface area contributed by atoms with Gasteiger partial charge in [0.25, 0.3) is 10.1 Å². The second kappa shape index (κ2) is 6.84. The van der Waals surface area contributed by atoms with Crippen molar-refractivity contribution >= 4 is 39.9 Å². The van der Waals surface area contributed by atoms with Gasteiger partial charge in [0.15, 0.2) is 0 Å². The molecule has 5 nitrogen and oxygen atoms in total. The Bertz CT molecular complexity index is 508. The molecule has 9 heteroatoms. The number of benzene rings is 1. The molecule has 0 aliphatic heterocycles. The van der Waals surface area contributed by atoms with Gasteiger partial charge in [-0.3, -0.25) is 4.55 Å². The lowest BCUT2D eigenvalue weighted by Gasteiger charge is -1.99. The maximum absolute atomic E-state index is 10.6. The molecule has 0 saturated heterocycles. The predicted octanol–water partition coefficient (Wildman–Crippen LogP) is 2.02. The molecule has 0 heterocycles. The van der Waals surface area contributed by atoms with E-state index in [1.54, 1.807) is 25.1 Å². The summed E-state index contributed by atoms with van der Waals surface area (Å²) in [6.07, 6.45) is 0. The van der Waals surface area contributed by atoms with E-state index >= 15 is 0 Å². The van der Waals surface area contributed by atoms with Gasteiger partial charge in [0.2, 0.25) is 5.69 Å². The largest absolute Gasteiger partial charge is 0.338 e. The topological polar surface area (TPSA) is 83.8 Å². The van der Waals surface area contributed by atoms with Crippen LogP contribution < -0.4 is 0 Å². The second-order valence-electron chi connectivity index (χ2n) is 2.91. The van der Waals surface area contributed by atoms with E-state index in [9.17, 15) is 8.42 Å². The normalized spacial score (nSPS) is 14.4. The smallest absolute Gasteiger partial charge is 0.294 e. The zero-order valence-electron chi connectivity index (χ0n) is 9.14. The van der Waals surface area contributed by atoms with Crippen LogP contribution in [0.2, 0.25) is 0 Å². The lowest BCUT2D eigenvalue weighted by Crippen LogP contribution is -1.99. The highest BCUT2D eigenvalue weighted by molar-refractivity contribution is 8.59. The Hall–Kier alpha value is 0.0500. The first-order valence-corrected chi connectivity index (χ1v) is 9.49. The van der Waals surface area contributed by atoms with Crippen molar-refractivity contribution in [3.05, 3.63) is 29.8 Å². The summed E-state index contributed by atoms with van der Waals surface area (Å²) in [5.74, 6) is 0. The summed E-state index contributed by atoms with van der Waals surface area (Å²) in [5.41, 5.74) is -2.07. The zero-order chi connectivity index (χ0) is 13.7. The summed E-state index contributed by atoms with van der Waals surface area (Å²) >= 11 is 7.81. The Balaban J connectivity index is 0.000000366. The second-order valence-corrected chi connectivity index (χ2v) is 9.57. The van der Waals surface area contributed by atoms with Crippen molar-refractivity contribution in [1.82, 2.24) is 0 Å². The highest BCUT2D eigenvalue weighted by Crippen LogP contribution is 2.45. The van der Waals surface area contributed by atoms with Gasteiger partial charge >= 0.3 is 0 Å². The van der Waals surface area contributed by atoms with Gasteiger partial charge in [0.1, 0.15) is 0 Å². The van der Waals surface area contributed by atoms with Crippen LogP contribution in [0.4, 0.5) is 0 Å². The molecule has 1 rings (SSSR count). The van der Waals surface area contributed by atoms with Crippen LogP contribution in [0.5, 0.6) is 0 Å². The van der Waals surface area contributed by atoms with Gasteiger partial charge in [-0.1, -0.05) is 30.4 Å². The van der Waals surface area contributed by atoms with Crippen LogP contribution >= 0.6 is 17.9 Å². The molecule has 0 spiro atoms. The number of rotatable bonds is 2. The molecule has 0 aliphatic carbocycles. The summed E-state index contributed by atoms with van der Waals surface area (Å²) in [6.45, 7) is 1.63. The number of aryl methyl sites for hydroxylation is 1. The molecule has 17 heavy (non-hydrogen) atoms. The molecular weight excluding hydrogens is 303 g/mol. The molecule has 1 unspecified atom stereocenters. The van der Waals surface area contributed by atoms with Crippen LogP contribution in [0.15, 0.2) is 29.2 Å². The molecule has 0 fully saturated rings. The van der Waals surface area contributed by atoms with Crippen molar-refractivity contribution in [2.24, 2.45) is 0 Å². The molecular formula is C8H13O5PS3. The van der Waals surface area contributed by atoms with Gasteiger partial charge in [-0.25, -0.2) is 0 Å². The SMILES string of the molecule is COP(O)(=S)S.Cc1ccccc1S(=O)(=O)O. The van der Waals surface area contributed by atoms with Crippen LogP contribution in [-0.4, -0.2) is 25.0 Å². The highest BCUT2D eigenvalue weighted by atomic mass is 32.9. The van der Waals surface area contributed by atoms with E-state index < -0.39 is 15.8 Å². The molecule has 0 radical (unpaired) electrons. The summed E-state index contributed by atoms with van der Waals surface area (Å²) in [7, 11) is -2.71. The van der Waals surface area contributed by atoms with Gasteiger partial charge < -0.3 is 9.42 Å². The van der Waals surface area contributed by atoms with Crippen molar-refractivity contribution in [1.29, 1.82) is 0 Å². The van der Waals surface area contributed by atoms with E-state index in [-0.39, 0.29) is 4.90 Å². The number of hydrogen-bond acceptors (Lipinski definition) is 4. The van der Waals surface area contributed by atoms with Gasteiger partial charge in [-0.2, -0.15) is 8.42 Å². The maximum atomic E-state index is 10.6. The summed E-state index contributed by atoms with van der Waals surface area (Å²) < 4.78 is 34.1. The standard InChI is InChI=1S/C7H8O3S.CH5O2PS2/c1-6-4-2-3-5-7(6)11(8,9)10;1-3-4(2,5)6/h2-5H,1H3,(H,8,9,10);1H3,(H2,2,5,6). The van der Waals surface area contributed by atoms with Gasteiger partial charge in [-0.15, -0.1) is 0 Å². The fraction of sp³-hybridized carbons (Fsp3) is 0.250. The van der Waals surface area contributed by atoms with Crippen molar-refractivity contribution < 1.29 is 22.4 Å². The first-order valence-electron chi connectivity index (χ1n) is 4.22. The Labute approximate surface area is 111 Å². The third kappa shape index (κ3) is 7.88. The fourth-order valence-corrected chi connectivity index (χ4v) is 1.57. The van der Waals surface area contributed by atoms with Crippen LogP contribution in [-0.2, 0) is 26.4 Å². The van der Waals surface area contributed by atoms with E-state index in [0.29, 0.717) is 5.56 Å². The van der Waals surface area contributed by atoms with Crippen LogP contribution in [0.25, 0.3) is 0 Å². The van der Waals surface area contributed by atoms with Gasteiger partial charge in [-0.05, 0) is 30.4 Å². The molecule has 98 valence electrons. The minimum absolute atomic E-state index is 0.0278. The number of hydrogen-bond donors (Lipinski definition) is 3. The van der Waals surface area contributed by atoms with Crippen molar-refractivity contribution in [3.8, 4) is 0 Å². The molecule has 2 N–H and O–H groups in total. The third-order valence-corrected chi connectivity index (χ3v) is 4.04. The summed E-state index contributed by atoms with van der Waals surface area (Å²) in [6, 6.07) is 6.27. The molecule has 0 aliphatic rings. The van der Waals surface area contributed by atoms with Crippen LogP contribution in [0, 0.1) is 6.92 Å². The first kappa shape index (κ1) is 17.1. The van der Waals surface area contributed by atoms with E-state index in [1.165, 1.54) is 13.2 Å². The average molecular weight is 316 g/mol. The monoisotopic (exact) mass is 316 g/mol. The summed E-state index contributed by atoms with van der Waals surface area (Å²) in [4.78, 5) is 8.37. The zero-order valence-corrected chi connectivity index (χ0v) is 12.6. The Morgan fingerprint density at radius 2 is 1.82 bits per heavy atom. The van der Waals surface area contributed by atoms with E-state index in [2.05, 4.69) is 28.6 Å². The maximum Gasteiger partial charge on any atom is 0.294 e. The molecule has 0 amide bonds. The highest BCUT2D eigenvalue weighted by Gasteiger charge is 2.10. The molecule has 0 bridgehead atoms. The molecule has 0 saturated carbocycles.